The summed E-state index contributed by atoms with van der Waals surface area (Å²) in [7, 11) is 3.74. The quantitative estimate of drug-likeness (QED) is 0.929. The van der Waals surface area contributed by atoms with Gasteiger partial charge in [-0.25, -0.2) is 0 Å². The highest BCUT2D eigenvalue weighted by Gasteiger charge is 2.20. The summed E-state index contributed by atoms with van der Waals surface area (Å²) in [6.45, 7) is 0. The van der Waals surface area contributed by atoms with Gasteiger partial charge in [-0.05, 0) is 25.2 Å². The summed E-state index contributed by atoms with van der Waals surface area (Å²) in [4.78, 5) is 0. The van der Waals surface area contributed by atoms with Gasteiger partial charge in [-0.2, -0.15) is 5.10 Å². The van der Waals surface area contributed by atoms with E-state index in [9.17, 15) is 0 Å². The Hall–Kier alpha value is -1.03. The lowest BCUT2D eigenvalue weighted by Crippen LogP contribution is -2.19. The molecule has 0 saturated carbocycles. The van der Waals surface area contributed by atoms with Gasteiger partial charge in [0.2, 0.25) is 0 Å². The molecule has 0 radical (unpaired) electrons. The molecule has 0 spiro atoms. The third kappa shape index (κ3) is 2.46. The van der Waals surface area contributed by atoms with E-state index in [2.05, 4.69) is 10.4 Å². The second-order valence-corrected chi connectivity index (χ2v) is 4.59. The van der Waals surface area contributed by atoms with Crippen LogP contribution in [0.25, 0.3) is 0 Å². The fraction of sp³-hybridized carbons (Fsp3) is 0.250. The first-order valence-electron chi connectivity index (χ1n) is 5.24. The highest BCUT2D eigenvalue weighted by Crippen LogP contribution is 2.33. The molecule has 0 fully saturated rings. The lowest BCUT2D eigenvalue weighted by Gasteiger charge is -2.17. The Morgan fingerprint density at radius 1 is 1.24 bits per heavy atom. The molecule has 0 aliphatic rings. The molecule has 0 saturated heterocycles. The molecule has 1 unspecified atom stereocenters. The van der Waals surface area contributed by atoms with Crippen LogP contribution in [0.2, 0.25) is 10.0 Å². The fourth-order valence-corrected chi connectivity index (χ4v) is 2.43. The van der Waals surface area contributed by atoms with Gasteiger partial charge in [-0.1, -0.05) is 29.3 Å². The van der Waals surface area contributed by atoms with Crippen molar-refractivity contribution in [3.05, 3.63) is 51.8 Å². The number of aromatic nitrogens is 2. The standard InChI is InChI=1S/C12H13Cl2N3/c1-15-12(10-6-7-17(2)16-10)11-8(13)4-3-5-9(11)14/h3-7,12,15H,1-2H3. The summed E-state index contributed by atoms with van der Waals surface area (Å²) in [6.07, 6.45) is 1.89. The average molecular weight is 270 g/mol. The first kappa shape index (κ1) is 12.4. The largest absolute Gasteiger partial charge is 0.308 e. The molecule has 17 heavy (non-hydrogen) atoms. The van der Waals surface area contributed by atoms with E-state index in [1.54, 1.807) is 4.68 Å². The van der Waals surface area contributed by atoms with Crippen LogP contribution >= 0.6 is 23.2 Å². The van der Waals surface area contributed by atoms with Crippen LogP contribution in [-0.2, 0) is 7.05 Å². The fourth-order valence-electron chi connectivity index (χ4n) is 1.81. The van der Waals surface area contributed by atoms with Gasteiger partial charge in [0.1, 0.15) is 0 Å². The van der Waals surface area contributed by atoms with Crippen LogP contribution in [0.1, 0.15) is 17.3 Å². The molecule has 0 bridgehead atoms. The van der Waals surface area contributed by atoms with Crippen molar-refractivity contribution in [3.8, 4) is 0 Å². The molecule has 90 valence electrons. The van der Waals surface area contributed by atoms with Gasteiger partial charge in [0, 0.05) is 28.9 Å². The topological polar surface area (TPSA) is 29.9 Å². The van der Waals surface area contributed by atoms with Crippen molar-refractivity contribution in [2.75, 3.05) is 7.05 Å². The van der Waals surface area contributed by atoms with Gasteiger partial charge < -0.3 is 5.32 Å². The third-order valence-corrected chi connectivity index (χ3v) is 3.27. The summed E-state index contributed by atoms with van der Waals surface area (Å²) in [6, 6.07) is 7.34. The van der Waals surface area contributed by atoms with Crippen LogP contribution < -0.4 is 5.32 Å². The Morgan fingerprint density at radius 3 is 2.35 bits per heavy atom. The Bertz CT molecular complexity index is 502. The minimum Gasteiger partial charge on any atom is -0.308 e. The van der Waals surface area contributed by atoms with E-state index in [4.69, 9.17) is 23.2 Å². The number of nitrogens with one attached hydrogen (secondary N) is 1. The summed E-state index contributed by atoms with van der Waals surface area (Å²) in [5.41, 5.74) is 1.75. The van der Waals surface area contributed by atoms with Crippen molar-refractivity contribution in [2.24, 2.45) is 7.05 Å². The summed E-state index contributed by atoms with van der Waals surface area (Å²) in [5, 5.41) is 8.84. The SMILES string of the molecule is CNC(c1ccn(C)n1)c1c(Cl)cccc1Cl. The van der Waals surface area contributed by atoms with E-state index in [0.717, 1.165) is 11.3 Å². The molecule has 2 aromatic rings. The van der Waals surface area contributed by atoms with Crippen LogP contribution in [0.5, 0.6) is 0 Å². The first-order chi connectivity index (χ1) is 8.13. The van der Waals surface area contributed by atoms with Crippen molar-refractivity contribution in [1.82, 2.24) is 15.1 Å². The third-order valence-electron chi connectivity index (χ3n) is 2.61. The second-order valence-electron chi connectivity index (χ2n) is 3.77. The van der Waals surface area contributed by atoms with E-state index in [0.29, 0.717) is 10.0 Å². The molecule has 2 rings (SSSR count). The maximum Gasteiger partial charge on any atom is 0.0840 e. The summed E-state index contributed by atoms with van der Waals surface area (Å²) in [5.74, 6) is 0. The van der Waals surface area contributed by atoms with Crippen LogP contribution in [0.4, 0.5) is 0 Å². The number of hydrogen-bond acceptors (Lipinski definition) is 2. The van der Waals surface area contributed by atoms with Crippen molar-refractivity contribution in [1.29, 1.82) is 0 Å². The molecule has 1 heterocycles. The number of rotatable bonds is 3. The molecule has 0 aliphatic heterocycles. The molecule has 1 atom stereocenters. The molecule has 1 aromatic carbocycles. The highest BCUT2D eigenvalue weighted by atomic mass is 35.5. The first-order valence-corrected chi connectivity index (χ1v) is 5.99. The van der Waals surface area contributed by atoms with E-state index in [1.165, 1.54) is 0 Å². The van der Waals surface area contributed by atoms with Gasteiger partial charge in [-0.15, -0.1) is 0 Å². The van der Waals surface area contributed by atoms with Crippen molar-refractivity contribution >= 4 is 23.2 Å². The highest BCUT2D eigenvalue weighted by molar-refractivity contribution is 6.36. The molecule has 0 aliphatic carbocycles. The number of aryl methyl sites for hydroxylation is 1. The Balaban J connectivity index is 2.49. The normalized spacial score (nSPS) is 12.7. The molecule has 5 heteroatoms. The number of halogens is 2. The van der Waals surface area contributed by atoms with Crippen molar-refractivity contribution in [3.63, 3.8) is 0 Å². The minimum atomic E-state index is -0.0996. The zero-order chi connectivity index (χ0) is 12.4. The second kappa shape index (κ2) is 5.08. The van der Waals surface area contributed by atoms with E-state index < -0.39 is 0 Å². The molecular formula is C12H13Cl2N3. The number of benzene rings is 1. The average Bonchev–Trinajstić information content (AvgIpc) is 2.70. The van der Waals surface area contributed by atoms with E-state index in [1.807, 2.05) is 44.6 Å². The van der Waals surface area contributed by atoms with Crippen LogP contribution in [-0.4, -0.2) is 16.8 Å². The molecule has 0 amide bonds. The van der Waals surface area contributed by atoms with Gasteiger partial charge >= 0.3 is 0 Å². The van der Waals surface area contributed by atoms with Gasteiger partial charge in [0.15, 0.2) is 0 Å². The molecule has 3 nitrogen and oxygen atoms in total. The molecular weight excluding hydrogens is 257 g/mol. The zero-order valence-corrected chi connectivity index (χ0v) is 11.1. The van der Waals surface area contributed by atoms with Crippen LogP contribution in [0.3, 0.4) is 0 Å². The summed E-state index contributed by atoms with van der Waals surface area (Å²) < 4.78 is 1.75. The Kier molecular flexibility index (Phi) is 3.72. The van der Waals surface area contributed by atoms with Crippen molar-refractivity contribution < 1.29 is 0 Å². The van der Waals surface area contributed by atoms with E-state index in [-0.39, 0.29) is 6.04 Å². The van der Waals surface area contributed by atoms with Gasteiger partial charge in [0.25, 0.3) is 0 Å². The predicted octanol–water partition coefficient (Wildman–Crippen LogP) is 3.04. The number of nitrogens with zero attached hydrogens (tertiary/aromatic N) is 2. The van der Waals surface area contributed by atoms with Gasteiger partial charge in [-0.3, -0.25) is 4.68 Å². The zero-order valence-electron chi connectivity index (χ0n) is 9.61. The van der Waals surface area contributed by atoms with E-state index >= 15 is 0 Å². The summed E-state index contributed by atoms with van der Waals surface area (Å²) >= 11 is 12.4. The lowest BCUT2D eigenvalue weighted by molar-refractivity contribution is 0.642. The van der Waals surface area contributed by atoms with Crippen LogP contribution in [0, 0.1) is 0 Å². The maximum absolute atomic E-state index is 6.20. The Morgan fingerprint density at radius 2 is 1.88 bits per heavy atom. The van der Waals surface area contributed by atoms with Crippen molar-refractivity contribution in [2.45, 2.75) is 6.04 Å². The number of hydrogen-bond donors (Lipinski definition) is 1. The smallest absolute Gasteiger partial charge is 0.0840 e. The monoisotopic (exact) mass is 269 g/mol. The molecule has 1 aromatic heterocycles. The predicted molar refractivity (Wildman–Crippen MR) is 70.6 cm³/mol. The lowest BCUT2D eigenvalue weighted by atomic mass is 10.0. The maximum atomic E-state index is 6.20. The van der Waals surface area contributed by atoms with Crippen LogP contribution in [0.15, 0.2) is 30.5 Å². The van der Waals surface area contributed by atoms with Gasteiger partial charge in [0.05, 0.1) is 11.7 Å². The molecule has 1 N–H and O–H groups in total. The Labute approximate surface area is 110 Å². The minimum absolute atomic E-state index is 0.0996.